The number of nitriles is 1. The van der Waals surface area contributed by atoms with Crippen LogP contribution in [0.1, 0.15) is 11.1 Å². The second kappa shape index (κ2) is 11.1. The number of nitrogens with one attached hydrogen (secondary N) is 1. The zero-order valence-electron chi connectivity index (χ0n) is 18.7. The molecular formula is C27H20FN3O3S. The molecule has 3 aromatic carbocycles. The fourth-order valence-electron chi connectivity index (χ4n) is 3.19. The molecule has 0 unspecified atom stereocenters. The van der Waals surface area contributed by atoms with Crippen molar-refractivity contribution >= 4 is 28.5 Å². The van der Waals surface area contributed by atoms with Crippen LogP contribution in [0.3, 0.4) is 0 Å². The molecule has 1 heterocycles. The van der Waals surface area contributed by atoms with Crippen LogP contribution >= 0.6 is 11.3 Å². The molecule has 0 radical (unpaired) electrons. The van der Waals surface area contributed by atoms with Crippen LogP contribution in [0.4, 0.5) is 9.52 Å². The fourth-order valence-corrected chi connectivity index (χ4v) is 3.90. The summed E-state index contributed by atoms with van der Waals surface area (Å²) in [4.78, 5) is 17.1. The van der Waals surface area contributed by atoms with Crippen molar-refractivity contribution in [3.63, 3.8) is 0 Å². The number of carbonyl (C=O) groups excluding carboxylic acids is 1. The molecule has 8 heteroatoms. The highest BCUT2D eigenvalue weighted by Crippen LogP contribution is 2.30. The summed E-state index contributed by atoms with van der Waals surface area (Å²) in [5, 5.41) is 14.5. The average Bonchev–Trinajstić information content (AvgIpc) is 3.36. The van der Waals surface area contributed by atoms with Crippen molar-refractivity contribution in [1.82, 2.24) is 4.98 Å². The molecule has 1 amide bonds. The molecule has 1 N–H and O–H groups in total. The maximum absolute atomic E-state index is 13.1. The van der Waals surface area contributed by atoms with Crippen LogP contribution in [0.2, 0.25) is 0 Å². The molecule has 0 fully saturated rings. The van der Waals surface area contributed by atoms with Gasteiger partial charge >= 0.3 is 0 Å². The Kier molecular flexibility index (Phi) is 7.50. The van der Waals surface area contributed by atoms with Crippen molar-refractivity contribution < 1.29 is 18.7 Å². The van der Waals surface area contributed by atoms with E-state index in [4.69, 9.17) is 9.47 Å². The number of nitrogens with zero attached hydrogens (tertiary/aromatic N) is 2. The van der Waals surface area contributed by atoms with Gasteiger partial charge in [0.2, 0.25) is 0 Å². The first-order valence-corrected chi connectivity index (χ1v) is 11.4. The van der Waals surface area contributed by atoms with E-state index in [9.17, 15) is 14.4 Å². The Balaban J connectivity index is 1.46. The zero-order chi connectivity index (χ0) is 24.6. The van der Waals surface area contributed by atoms with E-state index in [1.807, 2.05) is 41.8 Å². The van der Waals surface area contributed by atoms with E-state index in [-0.39, 0.29) is 18.0 Å². The number of halogens is 1. The van der Waals surface area contributed by atoms with Gasteiger partial charge < -0.3 is 9.47 Å². The summed E-state index contributed by atoms with van der Waals surface area (Å²) in [6.07, 6.45) is 1.47. The van der Waals surface area contributed by atoms with E-state index in [2.05, 4.69) is 10.3 Å². The molecular weight excluding hydrogens is 465 g/mol. The number of ether oxygens (including phenoxy) is 2. The highest BCUT2D eigenvalue weighted by atomic mass is 32.1. The molecule has 35 heavy (non-hydrogen) atoms. The molecule has 1 aromatic heterocycles. The second-order valence-electron chi connectivity index (χ2n) is 7.35. The van der Waals surface area contributed by atoms with E-state index < -0.39 is 5.91 Å². The number of hydrogen-bond acceptors (Lipinski definition) is 6. The number of anilines is 1. The van der Waals surface area contributed by atoms with Crippen molar-refractivity contribution in [2.75, 3.05) is 12.4 Å². The number of thiazole rings is 1. The monoisotopic (exact) mass is 485 g/mol. The molecule has 0 aliphatic heterocycles. The van der Waals surface area contributed by atoms with Crippen molar-refractivity contribution in [2.24, 2.45) is 0 Å². The highest BCUT2D eigenvalue weighted by molar-refractivity contribution is 7.14. The Morgan fingerprint density at radius 3 is 2.60 bits per heavy atom. The zero-order valence-corrected chi connectivity index (χ0v) is 19.5. The highest BCUT2D eigenvalue weighted by Gasteiger charge is 2.14. The Labute approximate surface area is 205 Å². The molecule has 6 nitrogen and oxygen atoms in total. The quantitative estimate of drug-likeness (QED) is 0.241. The Hall–Kier alpha value is -4.48. The molecule has 174 valence electrons. The van der Waals surface area contributed by atoms with Crippen molar-refractivity contribution in [1.29, 1.82) is 5.26 Å². The minimum absolute atomic E-state index is 0.0801. The Morgan fingerprint density at radius 1 is 1.11 bits per heavy atom. The third-order valence-corrected chi connectivity index (χ3v) is 5.72. The lowest BCUT2D eigenvalue weighted by Gasteiger charge is -2.11. The van der Waals surface area contributed by atoms with Crippen LogP contribution in [-0.4, -0.2) is 18.0 Å². The summed E-state index contributed by atoms with van der Waals surface area (Å²) < 4.78 is 24.3. The van der Waals surface area contributed by atoms with E-state index in [1.165, 1.54) is 36.7 Å². The van der Waals surface area contributed by atoms with Crippen LogP contribution in [0.15, 0.2) is 83.7 Å². The predicted molar refractivity (Wildman–Crippen MR) is 133 cm³/mol. The number of aromatic nitrogens is 1. The van der Waals surface area contributed by atoms with Crippen molar-refractivity contribution in [3.05, 3.63) is 101 Å². The summed E-state index contributed by atoms with van der Waals surface area (Å²) >= 11 is 1.28. The lowest BCUT2D eigenvalue weighted by molar-refractivity contribution is -0.112. The van der Waals surface area contributed by atoms with Gasteiger partial charge in [-0.1, -0.05) is 48.5 Å². The summed E-state index contributed by atoms with van der Waals surface area (Å²) in [5.41, 5.74) is 3.00. The molecule has 4 rings (SSSR count). The first-order valence-electron chi connectivity index (χ1n) is 10.5. The van der Waals surface area contributed by atoms with Gasteiger partial charge in [0.05, 0.1) is 12.8 Å². The first-order chi connectivity index (χ1) is 17.1. The van der Waals surface area contributed by atoms with E-state index in [0.717, 1.165) is 16.8 Å². The molecule has 0 atom stereocenters. The van der Waals surface area contributed by atoms with Gasteiger partial charge in [0.1, 0.15) is 24.1 Å². The first kappa shape index (κ1) is 23.7. The number of hydrogen-bond donors (Lipinski definition) is 1. The number of benzene rings is 3. The van der Waals surface area contributed by atoms with Gasteiger partial charge in [-0.15, -0.1) is 11.3 Å². The predicted octanol–water partition coefficient (Wildman–Crippen LogP) is 6.08. The minimum atomic E-state index is -0.558. The third kappa shape index (κ3) is 6.10. The third-order valence-electron chi connectivity index (χ3n) is 4.97. The molecule has 0 aliphatic rings. The van der Waals surface area contributed by atoms with Gasteiger partial charge in [0.25, 0.3) is 5.91 Å². The molecule has 0 saturated carbocycles. The second-order valence-corrected chi connectivity index (χ2v) is 8.21. The lowest BCUT2D eigenvalue weighted by Crippen LogP contribution is -2.13. The smallest absolute Gasteiger partial charge is 0.268 e. The van der Waals surface area contributed by atoms with Gasteiger partial charge in [-0.25, -0.2) is 9.37 Å². The number of methoxy groups -OCH3 is 1. The molecule has 0 saturated heterocycles. The number of rotatable bonds is 8. The number of carbonyl (C=O) groups is 1. The summed E-state index contributed by atoms with van der Waals surface area (Å²) in [6, 6.07) is 22.6. The SMILES string of the molecule is COc1cc(/C=C(/C#N)C(=O)Nc2nc(-c3ccccc3)cs2)ccc1OCc1ccc(F)cc1. The average molecular weight is 486 g/mol. The largest absolute Gasteiger partial charge is 0.493 e. The lowest BCUT2D eigenvalue weighted by atomic mass is 10.1. The van der Waals surface area contributed by atoms with Crippen molar-refractivity contribution in [3.8, 4) is 28.8 Å². The Morgan fingerprint density at radius 2 is 1.89 bits per heavy atom. The maximum atomic E-state index is 13.1. The van der Waals surface area contributed by atoms with Crippen molar-refractivity contribution in [2.45, 2.75) is 6.61 Å². The van der Waals surface area contributed by atoms with Gasteiger partial charge in [0.15, 0.2) is 16.6 Å². The van der Waals surface area contributed by atoms with E-state index >= 15 is 0 Å². The molecule has 0 aliphatic carbocycles. The molecule has 0 spiro atoms. The minimum Gasteiger partial charge on any atom is -0.493 e. The maximum Gasteiger partial charge on any atom is 0.268 e. The van der Waals surface area contributed by atoms with Gasteiger partial charge in [0, 0.05) is 10.9 Å². The standard InChI is InChI=1S/C27H20FN3O3S/c1-33-25-14-19(9-12-24(25)34-16-18-7-10-22(28)11-8-18)13-21(15-29)26(32)31-27-30-23(17-35-27)20-5-3-2-4-6-20/h2-14,17H,16H2,1H3,(H,30,31,32)/b21-13-. The van der Waals surface area contributed by atoms with Crippen LogP contribution in [-0.2, 0) is 11.4 Å². The fraction of sp³-hybridized carbons (Fsp3) is 0.0741. The topological polar surface area (TPSA) is 84.2 Å². The summed E-state index contributed by atoms with van der Waals surface area (Å²) in [5.74, 6) is 0.0440. The summed E-state index contributed by atoms with van der Waals surface area (Å²) in [7, 11) is 1.50. The van der Waals surface area contributed by atoms with Gasteiger partial charge in [-0.3, -0.25) is 10.1 Å². The Bertz CT molecular complexity index is 1390. The summed E-state index contributed by atoms with van der Waals surface area (Å²) in [6.45, 7) is 0.233. The van der Waals surface area contributed by atoms with Gasteiger partial charge in [-0.2, -0.15) is 5.26 Å². The molecule has 4 aromatic rings. The van der Waals surface area contributed by atoms with E-state index in [1.54, 1.807) is 30.3 Å². The van der Waals surface area contributed by atoms with Crippen LogP contribution in [0.5, 0.6) is 11.5 Å². The normalized spacial score (nSPS) is 10.9. The van der Waals surface area contributed by atoms with Crippen LogP contribution in [0.25, 0.3) is 17.3 Å². The van der Waals surface area contributed by atoms with E-state index in [0.29, 0.717) is 22.2 Å². The van der Waals surface area contributed by atoms with Crippen LogP contribution < -0.4 is 14.8 Å². The van der Waals surface area contributed by atoms with Crippen LogP contribution in [0, 0.1) is 17.1 Å². The van der Waals surface area contributed by atoms with Gasteiger partial charge in [-0.05, 0) is 41.5 Å². The number of amides is 1. The molecule has 0 bridgehead atoms.